The lowest BCUT2D eigenvalue weighted by atomic mass is 9.96. The van der Waals surface area contributed by atoms with Gasteiger partial charge in [0.1, 0.15) is 0 Å². The van der Waals surface area contributed by atoms with Gasteiger partial charge in [0.2, 0.25) is 0 Å². The molecule has 6 heteroatoms. The minimum Gasteiger partial charge on any atom is -0.481 e. The summed E-state index contributed by atoms with van der Waals surface area (Å²) in [5.74, 6) is -0.978. The molecule has 0 spiro atoms. The molecule has 0 aliphatic heterocycles. The number of aliphatic carboxylic acids is 1. The summed E-state index contributed by atoms with van der Waals surface area (Å²) in [5.41, 5.74) is 0. The van der Waals surface area contributed by atoms with Gasteiger partial charge in [0.05, 0.1) is 5.92 Å². The molecule has 0 amide bonds. The van der Waals surface area contributed by atoms with Crippen LogP contribution in [0.3, 0.4) is 0 Å². The van der Waals surface area contributed by atoms with E-state index in [9.17, 15) is 9.90 Å². The van der Waals surface area contributed by atoms with E-state index in [0.717, 1.165) is 19.3 Å². The molecule has 0 rings (SSSR count). The maximum Gasteiger partial charge on any atom is 0.341 e. The number of carbonyl (C=O) groups is 1. The van der Waals surface area contributed by atoms with Gasteiger partial charge in [-0.2, -0.15) is 0 Å². The van der Waals surface area contributed by atoms with Crippen molar-refractivity contribution in [2.45, 2.75) is 77.2 Å². The summed E-state index contributed by atoms with van der Waals surface area (Å²) < 4.78 is 0. The van der Waals surface area contributed by atoms with Gasteiger partial charge in [-0.15, -0.1) is 33.2 Å². The third-order valence-electron chi connectivity index (χ3n) is 3.52. The van der Waals surface area contributed by atoms with E-state index in [4.69, 9.17) is 33.2 Å². The monoisotopic (exact) mass is 360 g/mol. The number of rotatable bonds is 13. The van der Waals surface area contributed by atoms with Crippen LogP contribution in [0.15, 0.2) is 0 Å². The molecule has 0 radical (unpaired) electrons. The Balaban J connectivity index is 3.68. The van der Waals surface area contributed by atoms with E-state index in [2.05, 4.69) is 6.92 Å². The minimum absolute atomic E-state index is 0.271. The van der Waals surface area contributed by atoms with Crippen LogP contribution in [-0.4, -0.2) is 17.1 Å². The van der Waals surface area contributed by atoms with Crippen molar-refractivity contribution in [1.29, 1.82) is 0 Å². The van der Waals surface area contributed by atoms with Crippen LogP contribution in [0.1, 0.15) is 71.1 Å². The topological polar surface area (TPSA) is 37.3 Å². The summed E-state index contributed by atoms with van der Waals surface area (Å²) in [6, 6.07) is -2.04. The largest absolute Gasteiger partial charge is 0.481 e. The molecule has 0 aromatic carbocycles. The van der Waals surface area contributed by atoms with Crippen LogP contribution < -0.4 is 0 Å². The fraction of sp³-hybridized carbons (Fsp3) is 0.929. The van der Waals surface area contributed by atoms with Crippen molar-refractivity contribution in [2.24, 2.45) is 5.92 Å². The highest BCUT2D eigenvalue weighted by atomic mass is 35.8. The first-order valence-electron chi connectivity index (χ1n) is 7.66. The molecule has 1 atom stereocenters. The van der Waals surface area contributed by atoms with Crippen LogP contribution in [0.4, 0.5) is 0 Å². The van der Waals surface area contributed by atoms with Crippen LogP contribution in [0.2, 0.25) is 6.04 Å². The number of carboxylic acids is 1. The molecule has 0 aliphatic carbocycles. The molecule has 0 fully saturated rings. The Kier molecular flexibility index (Phi) is 12.5. The molecular formula is C14H27Cl3O2Si. The molecular weight excluding hydrogens is 335 g/mol. The molecule has 0 heterocycles. The van der Waals surface area contributed by atoms with E-state index in [0.29, 0.717) is 18.9 Å². The molecule has 0 saturated heterocycles. The van der Waals surface area contributed by atoms with Gasteiger partial charge in [0.15, 0.2) is 0 Å². The summed E-state index contributed by atoms with van der Waals surface area (Å²) in [6.45, 7) is 2.21. The quantitative estimate of drug-likeness (QED) is 0.239. The van der Waals surface area contributed by atoms with Gasteiger partial charge in [-0.25, -0.2) is 0 Å². The Labute approximate surface area is 138 Å². The highest BCUT2D eigenvalue weighted by molar-refractivity contribution is 7.64. The third-order valence-corrected chi connectivity index (χ3v) is 6.14. The van der Waals surface area contributed by atoms with Crippen molar-refractivity contribution < 1.29 is 9.90 Å². The zero-order valence-electron chi connectivity index (χ0n) is 12.3. The van der Waals surface area contributed by atoms with Crippen LogP contribution in [0.5, 0.6) is 0 Å². The minimum atomic E-state index is -2.59. The lowest BCUT2D eigenvalue weighted by Gasteiger charge is -2.13. The van der Waals surface area contributed by atoms with Crippen molar-refractivity contribution in [3.05, 3.63) is 0 Å². The lowest BCUT2D eigenvalue weighted by Crippen LogP contribution is -2.15. The van der Waals surface area contributed by atoms with Crippen molar-refractivity contribution in [1.82, 2.24) is 0 Å². The normalized spacial score (nSPS) is 13.4. The lowest BCUT2D eigenvalue weighted by molar-refractivity contribution is -0.142. The van der Waals surface area contributed by atoms with E-state index < -0.39 is 12.0 Å². The first-order valence-corrected chi connectivity index (χ1v) is 12.9. The Morgan fingerprint density at radius 2 is 1.45 bits per heavy atom. The fourth-order valence-corrected chi connectivity index (χ4v) is 4.10. The van der Waals surface area contributed by atoms with Crippen molar-refractivity contribution in [3.8, 4) is 0 Å². The highest BCUT2D eigenvalue weighted by Crippen LogP contribution is 2.29. The number of hydrogen-bond acceptors (Lipinski definition) is 1. The molecule has 120 valence electrons. The predicted molar refractivity (Wildman–Crippen MR) is 91.1 cm³/mol. The van der Waals surface area contributed by atoms with Gasteiger partial charge in [0, 0.05) is 0 Å². The molecule has 1 N–H and O–H groups in total. The number of hydrogen-bond donors (Lipinski definition) is 1. The van der Waals surface area contributed by atoms with Crippen molar-refractivity contribution in [3.63, 3.8) is 0 Å². The number of unbranched alkanes of at least 4 members (excludes halogenated alkanes) is 6. The second-order valence-corrected chi connectivity index (χ2v) is 14.7. The van der Waals surface area contributed by atoms with Gasteiger partial charge >= 0.3 is 12.0 Å². The summed E-state index contributed by atoms with van der Waals surface area (Å²) in [5, 5.41) is 9.19. The second-order valence-electron chi connectivity index (χ2n) is 5.45. The SMILES string of the molecule is CCCCCCCCCC(CCC[Si](Cl)(Cl)Cl)C(=O)O. The Bertz CT molecular complexity index is 257. The van der Waals surface area contributed by atoms with Crippen LogP contribution in [0, 0.1) is 5.92 Å². The van der Waals surface area contributed by atoms with E-state index >= 15 is 0 Å². The van der Waals surface area contributed by atoms with Gasteiger partial charge in [-0.05, 0) is 18.9 Å². The first kappa shape index (κ1) is 20.6. The van der Waals surface area contributed by atoms with Crippen LogP contribution >= 0.6 is 33.2 Å². The van der Waals surface area contributed by atoms with Crippen LogP contribution in [0.25, 0.3) is 0 Å². The molecule has 0 aromatic heterocycles. The summed E-state index contributed by atoms with van der Waals surface area (Å²) in [4.78, 5) is 11.2. The molecule has 20 heavy (non-hydrogen) atoms. The summed E-state index contributed by atoms with van der Waals surface area (Å²) in [6.07, 6.45) is 10.6. The van der Waals surface area contributed by atoms with E-state index in [1.54, 1.807) is 0 Å². The standard InChI is InChI=1S/C14H27Cl3O2Si/c1-2-3-4-5-6-7-8-10-13(14(18)19)11-9-12-20(15,16)17/h13H,2-12H2,1H3,(H,18,19). The Hall–Kier alpha value is 0.557. The molecule has 0 bridgehead atoms. The Morgan fingerprint density at radius 3 is 1.95 bits per heavy atom. The van der Waals surface area contributed by atoms with Crippen molar-refractivity contribution >= 4 is 45.2 Å². The third kappa shape index (κ3) is 13.5. The number of halogens is 3. The maximum absolute atomic E-state index is 11.2. The average Bonchev–Trinajstić information content (AvgIpc) is 2.33. The second kappa shape index (κ2) is 12.1. The molecule has 0 aromatic rings. The predicted octanol–water partition coefficient (Wildman–Crippen LogP) is 6.26. The first-order chi connectivity index (χ1) is 9.37. The van der Waals surface area contributed by atoms with Gasteiger partial charge < -0.3 is 5.11 Å². The summed E-state index contributed by atoms with van der Waals surface area (Å²) in [7, 11) is 0. The smallest absolute Gasteiger partial charge is 0.341 e. The maximum atomic E-state index is 11.2. The molecule has 0 aliphatic rings. The van der Waals surface area contributed by atoms with E-state index in [1.165, 1.54) is 32.1 Å². The van der Waals surface area contributed by atoms with Crippen molar-refractivity contribution in [2.75, 3.05) is 0 Å². The summed E-state index contributed by atoms with van der Waals surface area (Å²) >= 11 is 17.4. The highest BCUT2D eigenvalue weighted by Gasteiger charge is 2.25. The van der Waals surface area contributed by atoms with E-state index in [1.807, 2.05) is 0 Å². The molecule has 0 saturated carbocycles. The van der Waals surface area contributed by atoms with E-state index in [-0.39, 0.29) is 5.92 Å². The molecule has 1 unspecified atom stereocenters. The van der Waals surface area contributed by atoms with Gasteiger partial charge in [-0.3, -0.25) is 4.79 Å². The zero-order chi connectivity index (χ0) is 15.4. The van der Waals surface area contributed by atoms with Gasteiger partial charge in [-0.1, -0.05) is 58.3 Å². The average molecular weight is 362 g/mol. The fourth-order valence-electron chi connectivity index (χ4n) is 2.29. The van der Waals surface area contributed by atoms with Gasteiger partial charge in [0.25, 0.3) is 0 Å². The Morgan fingerprint density at radius 1 is 0.950 bits per heavy atom. The zero-order valence-corrected chi connectivity index (χ0v) is 15.6. The van der Waals surface area contributed by atoms with Crippen LogP contribution in [-0.2, 0) is 4.79 Å². The molecule has 2 nitrogen and oxygen atoms in total. The number of carboxylic acid groups (broad SMARTS) is 1.